The van der Waals surface area contributed by atoms with Crippen molar-refractivity contribution in [3.8, 4) is 0 Å². The molecule has 1 aliphatic heterocycles. The molecule has 0 aliphatic carbocycles. The summed E-state index contributed by atoms with van der Waals surface area (Å²) in [4.78, 5) is 26.0. The van der Waals surface area contributed by atoms with E-state index in [-0.39, 0.29) is 11.8 Å². The fourth-order valence-corrected chi connectivity index (χ4v) is 3.88. The summed E-state index contributed by atoms with van der Waals surface area (Å²) in [6, 6.07) is 21.5. The normalized spacial score (nSPS) is 15.3. The van der Waals surface area contributed by atoms with E-state index in [0.717, 1.165) is 41.7 Å². The lowest BCUT2D eigenvalue weighted by molar-refractivity contribution is -0.143. The molecule has 0 atom stereocenters. The smallest absolute Gasteiger partial charge is 0.306 e. The van der Waals surface area contributed by atoms with Crippen LogP contribution in [0, 0.1) is 5.92 Å². The lowest BCUT2D eigenvalue weighted by Gasteiger charge is -2.30. The van der Waals surface area contributed by atoms with E-state index in [0.29, 0.717) is 18.4 Å². The van der Waals surface area contributed by atoms with Crippen molar-refractivity contribution in [2.24, 2.45) is 5.92 Å². The van der Waals surface area contributed by atoms with Gasteiger partial charge in [0, 0.05) is 17.8 Å². The average Bonchev–Trinajstić information content (AvgIpc) is 2.74. The number of piperidine rings is 1. The topological polar surface area (TPSA) is 69.6 Å². The van der Waals surface area contributed by atoms with Gasteiger partial charge in [0.15, 0.2) is 0 Å². The van der Waals surface area contributed by atoms with E-state index in [1.165, 1.54) is 0 Å². The van der Waals surface area contributed by atoms with Gasteiger partial charge in [-0.1, -0.05) is 42.5 Å². The number of hydrogen-bond acceptors (Lipinski definition) is 3. The van der Waals surface area contributed by atoms with Crippen LogP contribution in [0.5, 0.6) is 0 Å². The predicted octanol–water partition coefficient (Wildman–Crippen LogP) is 4.39. The predicted molar refractivity (Wildman–Crippen MR) is 114 cm³/mol. The molecule has 1 heterocycles. The zero-order chi connectivity index (χ0) is 20.2. The van der Waals surface area contributed by atoms with Crippen molar-refractivity contribution >= 4 is 28.3 Å². The molecule has 3 aromatic rings. The van der Waals surface area contributed by atoms with Gasteiger partial charge in [-0.25, -0.2) is 0 Å². The lowest BCUT2D eigenvalue weighted by Crippen LogP contribution is -2.35. The molecule has 4 rings (SSSR count). The Bertz CT molecular complexity index is 1040. The van der Waals surface area contributed by atoms with Crippen molar-refractivity contribution in [1.82, 2.24) is 4.90 Å². The molecule has 0 spiro atoms. The Balaban J connectivity index is 1.40. The quantitative estimate of drug-likeness (QED) is 0.680. The summed E-state index contributed by atoms with van der Waals surface area (Å²) in [5, 5.41) is 14.3. The summed E-state index contributed by atoms with van der Waals surface area (Å²) in [6.07, 6.45) is 1.38. The molecule has 0 saturated carbocycles. The largest absolute Gasteiger partial charge is 0.481 e. The average molecular weight is 388 g/mol. The van der Waals surface area contributed by atoms with Crippen LogP contribution in [0.15, 0.2) is 66.7 Å². The highest BCUT2D eigenvalue weighted by molar-refractivity contribution is 6.06. The number of benzene rings is 3. The van der Waals surface area contributed by atoms with Crippen LogP contribution in [0.1, 0.15) is 28.8 Å². The number of nitrogens with zero attached hydrogens (tertiary/aromatic N) is 1. The van der Waals surface area contributed by atoms with Crippen LogP contribution in [-0.4, -0.2) is 35.0 Å². The second kappa shape index (κ2) is 8.45. The minimum absolute atomic E-state index is 0.129. The molecule has 2 N–H and O–H groups in total. The maximum Gasteiger partial charge on any atom is 0.306 e. The molecule has 1 aliphatic rings. The standard InChI is InChI=1S/C24H24N2O3/c27-23(21-9-8-18-5-1-2-6-20(18)15-21)25-22-7-3-4-17(14-22)16-26-12-10-19(11-13-26)24(28)29/h1-9,14-15,19H,10-13,16H2,(H,25,27)(H,28,29). The summed E-state index contributed by atoms with van der Waals surface area (Å²) in [6.45, 7) is 2.32. The Kier molecular flexibility index (Phi) is 5.58. The van der Waals surface area contributed by atoms with Crippen LogP contribution < -0.4 is 5.32 Å². The summed E-state index contributed by atoms with van der Waals surface area (Å²) in [7, 11) is 0. The van der Waals surface area contributed by atoms with Crippen molar-refractivity contribution in [2.45, 2.75) is 19.4 Å². The number of aliphatic carboxylic acids is 1. The Morgan fingerprint density at radius 2 is 1.69 bits per heavy atom. The number of amides is 1. The summed E-state index contributed by atoms with van der Waals surface area (Å²) < 4.78 is 0. The molecule has 5 heteroatoms. The monoisotopic (exact) mass is 388 g/mol. The van der Waals surface area contributed by atoms with Gasteiger partial charge in [0.1, 0.15) is 0 Å². The zero-order valence-electron chi connectivity index (χ0n) is 16.2. The first-order valence-electron chi connectivity index (χ1n) is 9.93. The van der Waals surface area contributed by atoms with E-state index < -0.39 is 5.97 Å². The van der Waals surface area contributed by atoms with Crippen molar-refractivity contribution in [3.63, 3.8) is 0 Å². The van der Waals surface area contributed by atoms with Crippen molar-refractivity contribution in [1.29, 1.82) is 0 Å². The molecule has 0 radical (unpaired) electrons. The first-order chi connectivity index (χ1) is 14.1. The Morgan fingerprint density at radius 3 is 2.45 bits per heavy atom. The summed E-state index contributed by atoms with van der Waals surface area (Å²) in [5.41, 5.74) is 2.50. The van der Waals surface area contributed by atoms with Gasteiger partial charge < -0.3 is 10.4 Å². The number of hydrogen-bond donors (Lipinski definition) is 2. The van der Waals surface area contributed by atoms with E-state index >= 15 is 0 Å². The van der Waals surface area contributed by atoms with Gasteiger partial charge >= 0.3 is 5.97 Å². The van der Waals surface area contributed by atoms with Crippen LogP contribution in [0.3, 0.4) is 0 Å². The van der Waals surface area contributed by atoms with Gasteiger partial charge in [0.05, 0.1) is 5.92 Å². The van der Waals surface area contributed by atoms with Crippen LogP contribution in [0.2, 0.25) is 0 Å². The Hall–Kier alpha value is -3.18. The molecule has 0 bridgehead atoms. The fraction of sp³-hybridized carbons (Fsp3) is 0.250. The Morgan fingerprint density at radius 1 is 0.931 bits per heavy atom. The second-order valence-electron chi connectivity index (χ2n) is 7.61. The van der Waals surface area contributed by atoms with E-state index in [1.807, 2.05) is 66.7 Å². The molecule has 29 heavy (non-hydrogen) atoms. The molecule has 5 nitrogen and oxygen atoms in total. The third-order valence-corrected chi connectivity index (χ3v) is 5.54. The molecule has 1 saturated heterocycles. The summed E-state index contributed by atoms with van der Waals surface area (Å²) >= 11 is 0. The van der Waals surface area contributed by atoms with Gasteiger partial charge in [-0.05, 0) is 66.5 Å². The number of likely N-dealkylation sites (tertiary alicyclic amines) is 1. The molecule has 0 aromatic heterocycles. The fourth-order valence-electron chi connectivity index (χ4n) is 3.88. The van der Waals surface area contributed by atoms with E-state index in [4.69, 9.17) is 5.11 Å². The molecule has 3 aromatic carbocycles. The maximum atomic E-state index is 12.7. The van der Waals surface area contributed by atoms with Crippen LogP contribution in [-0.2, 0) is 11.3 Å². The van der Waals surface area contributed by atoms with Crippen LogP contribution >= 0.6 is 0 Å². The highest BCUT2D eigenvalue weighted by Gasteiger charge is 2.24. The molecule has 0 unspecified atom stereocenters. The number of anilines is 1. The van der Waals surface area contributed by atoms with Crippen LogP contribution in [0.25, 0.3) is 10.8 Å². The van der Waals surface area contributed by atoms with Gasteiger partial charge in [-0.15, -0.1) is 0 Å². The van der Waals surface area contributed by atoms with E-state index in [9.17, 15) is 9.59 Å². The van der Waals surface area contributed by atoms with Gasteiger partial charge in [-0.3, -0.25) is 14.5 Å². The summed E-state index contributed by atoms with van der Waals surface area (Å²) in [5.74, 6) is -1.04. The molecule has 148 valence electrons. The van der Waals surface area contributed by atoms with Gasteiger partial charge in [-0.2, -0.15) is 0 Å². The number of rotatable bonds is 5. The van der Waals surface area contributed by atoms with Crippen molar-refractivity contribution < 1.29 is 14.7 Å². The molecular weight excluding hydrogens is 364 g/mol. The number of nitrogens with one attached hydrogen (secondary N) is 1. The SMILES string of the molecule is O=C(Nc1cccc(CN2CCC(C(=O)O)CC2)c1)c1ccc2ccccc2c1. The van der Waals surface area contributed by atoms with Gasteiger partial charge in [0.25, 0.3) is 5.91 Å². The highest BCUT2D eigenvalue weighted by Crippen LogP contribution is 2.21. The highest BCUT2D eigenvalue weighted by atomic mass is 16.4. The number of carbonyl (C=O) groups excluding carboxylic acids is 1. The van der Waals surface area contributed by atoms with E-state index in [2.05, 4.69) is 10.2 Å². The zero-order valence-corrected chi connectivity index (χ0v) is 16.2. The lowest BCUT2D eigenvalue weighted by atomic mass is 9.97. The van der Waals surface area contributed by atoms with Crippen molar-refractivity contribution in [3.05, 3.63) is 77.9 Å². The first kappa shape index (κ1) is 19.2. The number of carbonyl (C=O) groups is 2. The minimum Gasteiger partial charge on any atom is -0.481 e. The number of fused-ring (bicyclic) bond motifs is 1. The second-order valence-corrected chi connectivity index (χ2v) is 7.61. The maximum absolute atomic E-state index is 12.7. The Labute approximate surface area is 170 Å². The van der Waals surface area contributed by atoms with Gasteiger partial charge in [0.2, 0.25) is 0 Å². The third-order valence-electron chi connectivity index (χ3n) is 5.54. The first-order valence-corrected chi connectivity index (χ1v) is 9.93. The van der Waals surface area contributed by atoms with Crippen molar-refractivity contribution in [2.75, 3.05) is 18.4 Å². The molecular formula is C24H24N2O3. The van der Waals surface area contributed by atoms with Crippen LogP contribution in [0.4, 0.5) is 5.69 Å². The minimum atomic E-state index is -0.692. The molecule has 1 amide bonds. The van der Waals surface area contributed by atoms with E-state index in [1.54, 1.807) is 0 Å². The number of carboxylic acid groups (broad SMARTS) is 1. The molecule has 1 fully saturated rings. The third kappa shape index (κ3) is 4.63. The number of carboxylic acids is 1.